The molecule has 0 bridgehead atoms. The highest BCUT2D eigenvalue weighted by atomic mass is 19.1. The minimum absolute atomic E-state index is 0.00670. The number of likely N-dealkylation sites (tertiary alicyclic amines) is 2. The first kappa shape index (κ1) is 22.3. The Morgan fingerprint density at radius 1 is 0.906 bits per heavy atom. The smallest absolute Gasteiger partial charge is 0.410 e. The predicted molar refractivity (Wildman–Crippen MR) is 121 cm³/mol. The van der Waals surface area contributed by atoms with Gasteiger partial charge < -0.3 is 19.9 Å². The minimum atomic E-state index is -0.313. The van der Waals surface area contributed by atoms with E-state index in [1.165, 1.54) is 12.1 Å². The lowest BCUT2D eigenvalue weighted by molar-refractivity contribution is -0.121. The molecule has 0 atom stereocenters. The van der Waals surface area contributed by atoms with Crippen molar-refractivity contribution in [1.29, 1.82) is 0 Å². The second kappa shape index (κ2) is 10.6. The third kappa shape index (κ3) is 5.85. The molecule has 2 fully saturated rings. The maximum Gasteiger partial charge on any atom is 0.410 e. The van der Waals surface area contributed by atoms with E-state index in [-0.39, 0.29) is 23.7 Å². The molecule has 2 saturated heterocycles. The van der Waals surface area contributed by atoms with Crippen molar-refractivity contribution in [3.05, 3.63) is 66.0 Å². The Bertz CT molecular complexity index is 890. The first-order valence-corrected chi connectivity index (χ1v) is 11.3. The van der Waals surface area contributed by atoms with Gasteiger partial charge in [0.2, 0.25) is 5.91 Å². The first-order valence-electron chi connectivity index (χ1n) is 11.3. The van der Waals surface area contributed by atoms with Gasteiger partial charge in [0.05, 0.1) is 0 Å². The maximum absolute atomic E-state index is 13.0. The molecule has 2 amide bonds. The molecule has 2 heterocycles. The number of carbonyl (C=O) groups is 2. The summed E-state index contributed by atoms with van der Waals surface area (Å²) in [4.78, 5) is 29.1. The van der Waals surface area contributed by atoms with Gasteiger partial charge in [-0.05, 0) is 68.6 Å². The number of anilines is 1. The van der Waals surface area contributed by atoms with Crippen molar-refractivity contribution in [3.8, 4) is 0 Å². The lowest BCUT2D eigenvalue weighted by atomic mass is 9.92. The van der Waals surface area contributed by atoms with E-state index in [1.54, 1.807) is 17.0 Å². The van der Waals surface area contributed by atoms with Crippen LogP contribution in [0.1, 0.15) is 31.2 Å². The molecule has 0 saturated carbocycles. The number of rotatable bonds is 5. The van der Waals surface area contributed by atoms with Gasteiger partial charge in [-0.3, -0.25) is 4.79 Å². The van der Waals surface area contributed by atoms with Crippen LogP contribution in [0.5, 0.6) is 0 Å². The second-order valence-electron chi connectivity index (χ2n) is 8.56. The molecule has 2 aliphatic heterocycles. The number of nitrogens with one attached hydrogen (secondary N) is 1. The van der Waals surface area contributed by atoms with Crippen molar-refractivity contribution in [2.45, 2.75) is 38.3 Å². The summed E-state index contributed by atoms with van der Waals surface area (Å²) in [5.74, 6) is -0.330. The van der Waals surface area contributed by atoms with Crippen LogP contribution in [0, 0.1) is 11.7 Å². The summed E-state index contributed by atoms with van der Waals surface area (Å²) >= 11 is 0. The molecular formula is C25H30FN3O3. The highest BCUT2D eigenvalue weighted by molar-refractivity contribution is 5.92. The van der Waals surface area contributed by atoms with Gasteiger partial charge in [0.1, 0.15) is 12.4 Å². The zero-order valence-corrected chi connectivity index (χ0v) is 18.2. The third-order valence-corrected chi connectivity index (χ3v) is 6.46. The summed E-state index contributed by atoms with van der Waals surface area (Å²) in [6, 6.07) is 16.0. The monoisotopic (exact) mass is 439 g/mol. The number of nitrogens with zero attached hydrogens (tertiary/aromatic N) is 2. The molecule has 6 nitrogen and oxygen atoms in total. The van der Waals surface area contributed by atoms with Crippen LogP contribution in [0.4, 0.5) is 14.9 Å². The van der Waals surface area contributed by atoms with Gasteiger partial charge in [0.15, 0.2) is 0 Å². The van der Waals surface area contributed by atoms with Gasteiger partial charge in [-0.1, -0.05) is 30.3 Å². The number of hydrogen-bond donors (Lipinski definition) is 1. The lowest BCUT2D eigenvalue weighted by Gasteiger charge is -2.41. The van der Waals surface area contributed by atoms with Crippen molar-refractivity contribution in [1.82, 2.24) is 9.80 Å². The van der Waals surface area contributed by atoms with Crippen LogP contribution in [-0.4, -0.2) is 54.0 Å². The van der Waals surface area contributed by atoms with Crippen molar-refractivity contribution in [3.63, 3.8) is 0 Å². The van der Waals surface area contributed by atoms with Crippen molar-refractivity contribution >= 4 is 17.7 Å². The van der Waals surface area contributed by atoms with Crippen LogP contribution < -0.4 is 5.32 Å². The van der Waals surface area contributed by atoms with E-state index in [4.69, 9.17) is 4.74 Å². The molecule has 7 heteroatoms. The maximum atomic E-state index is 13.0. The summed E-state index contributed by atoms with van der Waals surface area (Å²) in [6.45, 7) is 3.45. The molecule has 0 aliphatic carbocycles. The van der Waals surface area contributed by atoms with Gasteiger partial charge in [0, 0.05) is 30.7 Å². The molecule has 32 heavy (non-hydrogen) atoms. The molecule has 0 unspecified atom stereocenters. The Morgan fingerprint density at radius 3 is 2.22 bits per heavy atom. The summed E-state index contributed by atoms with van der Waals surface area (Å²) in [6.07, 6.45) is 3.22. The average molecular weight is 440 g/mol. The SMILES string of the molecule is O=C(Nc1ccc(F)cc1)C1CCN(C2CCN(C(=O)OCc3ccccc3)CC2)CC1. The molecule has 0 radical (unpaired) electrons. The molecule has 2 aromatic carbocycles. The van der Waals surface area contributed by atoms with E-state index in [0.29, 0.717) is 31.4 Å². The summed E-state index contributed by atoms with van der Waals surface area (Å²) < 4.78 is 18.5. The Kier molecular flexibility index (Phi) is 7.37. The Hall–Kier alpha value is -2.93. The van der Waals surface area contributed by atoms with E-state index in [2.05, 4.69) is 10.2 Å². The van der Waals surface area contributed by atoms with Crippen LogP contribution in [0.3, 0.4) is 0 Å². The second-order valence-corrected chi connectivity index (χ2v) is 8.56. The average Bonchev–Trinajstić information content (AvgIpc) is 2.85. The molecule has 0 spiro atoms. The fourth-order valence-electron chi connectivity index (χ4n) is 4.53. The highest BCUT2D eigenvalue weighted by Crippen LogP contribution is 2.25. The van der Waals surface area contributed by atoms with Crippen LogP contribution in [-0.2, 0) is 16.1 Å². The molecule has 4 rings (SSSR count). The van der Waals surface area contributed by atoms with E-state index in [0.717, 1.165) is 44.3 Å². The fraction of sp³-hybridized carbons (Fsp3) is 0.440. The third-order valence-electron chi connectivity index (χ3n) is 6.46. The van der Waals surface area contributed by atoms with Gasteiger partial charge in [-0.2, -0.15) is 0 Å². The largest absolute Gasteiger partial charge is 0.445 e. The molecule has 1 N–H and O–H groups in total. The number of carbonyl (C=O) groups excluding carboxylic acids is 2. The molecule has 170 valence electrons. The summed E-state index contributed by atoms with van der Waals surface area (Å²) in [7, 11) is 0. The zero-order valence-electron chi connectivity index (χ0n) is 18.2. The van der Waals surface area contributed by atoms with Gasteiger partial charge in [-0.25, -0.2) is 9.18 Å². The summed E-state index contributed by atoms with van der Waals surface area (Å²) in [5, 5.41) is 2.89. The van der Waals surface area contributed by atoms with E-state index < -0.39 is 0 Å². The standard InChI is InChI=1S/C25H30FN3O3/c26-21-6-8-22(9-7-21)27-24(30)20-10-14-28(15-11-20)23-12-16-29(17-13-23)25(31)32-18-19-4-2-1-3-5-19/h1-9,20,23H,10-18H2,(H,27,30). The number of hydrogen-bond acceptors (Lipinski definition) is 4. The van der Waals surface area contributed by atoms with Crippen molar-refractivity contribution in [2.24, 2.45) is 5.92 Å². The molecule has 2 aliphatic rings. The van der Waals surface area contributed by atoms with Crippen LogP contribution in [0.15, 0.2) is 54.6 Å². The molecular weight excluding hydrogens is 409 g/mol. The molecule has 2 aromatic rings. The van der Waals surface area contributed by atoms with Crippen LogP contribution >= 0.6 is 0 Å². The lowest BCUT2D eigenvalue weighted by Crippen LogP contribution is -2.49. The highest BCUT2D eigenvalue weighted by Gasteiger charge is 2.32. The topological polar surface area (TPSA) is 61.9 Å². The number of amides is 2. The minimum Gasteiger partial charge on any atom is -0.445 e. The number of ether oxygens (including phenoxy) is 1. The Balaban J connectivity index is 1.17. The number of halogens is 1. The number of benzene rings is 2. The van der Waals surface area contributed by atoms with Gasteiger partial charge in [-0.15, -0.1) is 0 Å². The van der Waals surface area contributed by atoms with Gasteiger partial charge >= 0.3 is 6.09 Å². The van der Waals surface area contributed by atoms with E-state index >= 15 is 0 Å². The van der Waals surface area contributed by atoms with E-state index in [1.807, 2.05) is 30.3 Å². The fourth-order valence-corrected chi connectivity index (χ4v) is 4.53. The predicted octanol–water partition coefficient (Wildman–Crippen LogP) is 4.28. The Morgan fingerprint density at radius 2 is 1.56 bits per heavy atom. The van der Waals surface area contributed by atoms with Crippen LogP contribution in [0.25, 0.3) is 0 Å². The van der Waals surface area contributed by atoms with E-state index in [9.17, 15) is 14.0 Å². The zero-order chi connectivity index (χ0) is 22.3. The molecule has 0 aromatic heterocycles. The quantitative estimate of drug-likeness (QED) is 0.756. The summed E-state index contributed by atoms with van der Waals surface area (Å²) in [5.41, 5.74) is 1.62. The first-order chi connectivity index (χ1) is 15.6. The van der Waals surface area contributed by atoms with Gasteiger partial charge in [0.25, 0.3) is 0 Å². The van der Waals surface area contributed by atoms with Crippen LogP contribution in [0.2, 0.25) is 0 Å². The van der Waals surface area contributed by atoms with Crippen molar-refractivity contribution < 1.29 is 18.7 Å². The normalized spacial score (nSPS) is 18.3. The Labute approximate surface area is 188 Å². The van der Waals surface area contributed by atoms with Crippen molar-refractivity contribution in [2.75, 3.05) is 31.5 Å². The number of piperidine rings is 2.